The average Bonchev–Trinajstić information content (AvgIpc) is 3.53. The molecular weight excluding hydrogens is 562 g/mol. The highest BCUT2D eigenvalue weighted by Crippen LogP contribution is 2.36. The van der Waals surface area contributed by atoms with Crippen LogP contribution >= 0.6 is 23.4 Å². The maximum atomic E-state index is 12.8. The maximum absolute atomic E-state index is 12.8. The van der Waals surface area contributed by atoms with Gasteiger partial charge in [0, 0.05) is 34.3 Å². The molecule has 5 rings (SSSR count). The minimum Gasteiger partial charge on any atom is -0.494 e. The number of hydrogen-bond donors (Lipinski definition) is 3. The van der Waals surface area contributed by atoms with Gasteiger partial charge in [-0.1, -0.05) is 41.9 Å². The van der Waals surface area contributed by atoms with Crippen LogP contribution in [-0.4, -0.2) is 76.0 Å². The van der Waals surface area contributed by atoms with Gasteiger partial charge in [0.15, 0.2) is 0 Å². The van der Waals surface area contributed by atoms with Crippen molar-refractivity contribution >= 4 is 29.3 Å². The summed E-state index contributed by atoms with van der Waals surface area (Å²) in [5, 5.41) is 32.9. The minimum absolute atomic E-state index is 0.0290. The molecule has 0 spiro atoms. The van der Waals surface area contributed by atoms with Crippen molar-refractivity contribution in [3.8, 4) is 5.75 Å². The lowest BCUT2D eigenvalue weighted by molar-refractivity contribution is -0.218. The number of carbonyl (C=O) groups is 1. The summed E-state index contributed by atoms with van der Waals surface area (Å²) in [5.41, 5.74) is 3.21. The summed E-state index contributed by atoms with van der Waals surface area (Å²) in [4.78, 5) is 15.6. The number of amides is 1. The Morgan fingerprint density at radius 2 is 1.76 bits per heavy atom. The van der Waals surface area contributed by atoms with Crippen molar-refractivity contribution in [2.45, 2.75) is 61.6 Å². The van der Waals surface area contributed by atoms with E-state index in [-0.39, 0.29) is 5.91 Å². The minimum atomic E-state index is -1.38. The first-order valence-electron chi connectivity index (χ1n) is 14.1. The van der Waals surface area contributed by atoms with Gasteiger partial charge in [-0.15, -0.1) is 11.8 Å². The molecule has 0 aromatic heterocycles. The smallest absolute Gasteiger partial charge is 0.253 e. The third-order valence-electron chi connectivity index (χ3n) is 7.63. The molecule has 0 bridgehead atoms. The van der Waals surface area contributed by atoms with Crippen molar-refractivity contribution in [3.63, 3.8) is 0 Å². The lowest BCUT2D eigenvalue weighted by Gasteiger charge is -2.41. The summed E-state index contributed by atoms with van der Waals surface area (Å²) < 4.78 is 11.7. The fourth-order valence-corrected chi connectivity index (χ4v) is 6.56. The molecule has 9 heteroatoms. The quantitative estimate of drug-likeness (QED) is 0.302. The highest BCUT2D eigenvalue weighted by atomic mass is 35.5. The van der Waals surface area contributed by atoms with Gasteiger partial charge in [-0.05, 0) is 79.3 Å². The van der Waals surface area contributed by atoms with Gasteiger partial charge in [-0.2, -0.15) is 0 Å². The predicted molar refractivity (Wildman–Crippen MR) is 160 cm³/mol. The van der Waals surface area contributed by atoms with E-state index in [2.05, 4.69) is 0 Å². The van der Waals surface area contributed by atoms with Crippen LogP contribution in [0.5, 0.6) is 5.75 Å². The summed E-state index contributed by atoms with van der Waals surface area (Å²) >= 11 is 7.97. The number of halogens is 1. The normalized spacial score (nSPS) is 24.4. The van der Waals surface area contributed by atoms with E-state index in [9.17, 15) is 20.1 Å². The van der Waals surface area contributed by atoms with Gasteiger partial charge in [-0.3, -0.25) is 4.79 Å². The van der Waals surface area contributed by atoms with E-state index < -0.39 is 30.5 Å². The lowest BCUT2D eigenvalue weighted by atomic mass is 9.90. The summed E-state index contributed by atoms with van der Waals surface area (Å²) in [6.45, 7) is 4.11. The zero-order chi connectivity index (χ0) is 28.9. The molecular formula is C32H36ClNO6S. The van der Waals surface area contributed by atoms with Crippen LogP contribution in [0.4, 0.5) is 0 Å². The lowest BCUT2D eigenvalue weighted by Crippen LogP contribution is -2.54. The summed E-state index contributed by atoms with van der Waals surface area (Å²) in [6.07, 6.45) is -2.92. The topological polar surface area (TPSA) is 99.5 Å². The number of aliphatic hydroxyl groups is 3. The fraction of sp³-hybridized carbons (Fsp3) is 0.406. The van der Waals surface area contributed by atoms with E-state index >= 15 is 0 Å². The molecule has 218 valence electrons. The zero-order valence-electron chi connectivity index (χ0n) is 23.0. The average molecular weight is 598 g/mol. The van der Waals surface area contributed by atoms with Crippen LogP contribution in [0.3, 0.4) is 0 Å². The van der Waals surface area contributed by atoms with Crippen molar-refractivity contribution < 1.29 is 29.6 Å². The molecule has 5 atom stereocenters. The highest BCUT2D eigenvalue weighted by Gasteiger charge is 2.44. The monoisotopic (exact) mass is 597 g/mol. The third kappa shape index (κ3) is 7.08. The van der Waals surface area contributed by atoms with Gasteiger partial charge >= 0.3 is 0 Å². The van der Waals surface area contributed by atoms with Gasteiger partial charge < -0.3 is 29.7 Å². The second kappa shape index (κ2) is 13.6. The summed E-state index contributed by atoms with van der Waals surface area (Å²) in [6, 6.07) is 20.7. The molecule has 3 aromatic carbocycles. The summed E-state index contributed by atoms with van der Waals surface area (Å²) in [7, 11) is 0. The zero-order valence-corrected chi connectivity index (χ0v) is 24.6. The van der Waals surface area contributed by atoms with Crippen LogP contribution in [-0.2, 0) is 11.2 Å². The number of nitrogens with zero attached hydrogens (tertiary/aromatic N) is 1. The Morgan fingerprint density at radius 3 is 2.49 bits per heavy atom. The van der Waals surface area contributed by atoms with Crippen molar-refractivity contribution in [3.05, 3.63) is 94.0 Å². The molecule has 3 aromatic rings. The van der Waals surface area contributed by atoms with Crippen LogP contribution in [0.1, 0.15) is 52.9 Å². The Morgan fingerprint density at radius 1 is 1.00 bits per heavy atom. The number of thioether (sulfide) groups is 1. The van der Waals surface area contributed by atoms with Gasteiger partial charge in [0.05, 0.1) is 12.7 Å². The molecule has 0 radical (unpaired) electrons. The first-order chi connectivity index (χ1) is 19.8. The second-order valence-corrected chi connectivity index (χ2v) is 12.0. The number of rotatable bonds is 9. The Hall–Kier alpha value is -2.59. The van der Waals surface area contributed by atoms with Crippen molar-refractivity contribution in [2.24, 2.45) is 0 Å². The molecule has 3 N–H and O–H groups in total. The molecule has 41 heavy (non-hydrogen) atoms. The fourth-order valence-electron chi connectivity index (χ4n) is 5.36. The molecule has 2 heterocycles. The Bertz CT molecular complexity index is 1330. The van der Waals surface area contributed by atoms with E-state index in [4.69, 9.17) is 21.1 Å². The van der Waals surface area contributed by atoms with Crippen molar-refractivity contribution in [1.82, 2.24) is 4.90 Å². The Labute approximate surface area is 250 Å². The maximum Gasteiger partial charge on any atom is 0.253 e. The Kier molecular flexibility index (Phi) is 9.91. The van der Waals surface area contributed by atoms with Crippen LogP contribution in [0.2, 0.25) is 5.02 Å². The van der Waals surface area contributed by atoms with E-state index in [1.54, 1.807) is 12.1 Å². The number of ether oxygens (including phenoxy) is 2. The second-order valence-electron chi connectivity index (χ2n) is 10.5. The highest BCUT2D eigenvalue weighted by molar-refractivity contribution is 7.99. The van der Waals surface area contributed by atoms with Gasteiger partial charge in [0.2, 0.25) is 0 Å². The summed E-state index contributed by atoms with van der Waals surface area (Å²) in [5.74, 6) is 1.16. The Balaban J connectivity index is 1.28. The van der Waals surface area contributed by atoms with Gasteiger partial charge in [0.25, 0.3) is 5.91 Å². The first-order valence-corrected chi connectivity index (χ1v) is 15.4. The van der Waals surface area contributed by atoms with Crippen LogP contribution in [0.15, 0.2) is 71.6 Å². The molecule has 1 amide bonds. The number of carbonyl (C=O) groups excluding carboxylic acids is 1. The van der Waals surface area contributed by atoms with Crippen molar-refractivity contribution in [1.29, 1.82) is 0 Å². The number of likely N-dealkylation sites (tertiary alicyclic amines) is 1. The van der Waals surface area contributed by atoms with Crippen LogP contribution in [0, 0.1) is 0 Å². The van der Waals surface area contributed by atoms with E-state index in [0.717, 1.165) is 47.7 Å². The molecule has 2 fully saturated rings. The van der Waals surface area contributed by atoms with Gasteiger partial charge in [0.1, 0.15) is 30.2 Å². The molecule has 2 aliphatic heterocycles. The molecule has 2 saturated heterocycles. The van der Waals surface area contributed by atoms with Crippen LogP contribution < -0.4 is 4.74 Å². The third-order valence-corrected chi connectivity index (χ3v) is 9.08. The van der Waals surface area contributed by atoms with E-state index in [0.29, 0.717) is 34.9 Å². The van der Waals surface area contributed by atoms with Crippen LogP contribution in [0.25, 0.3) is 0 Å². The van der Waals surface area contributed by atoms with Gasteiger partial charge in [-0.25, -0.2) is 0 Å². The first kappa shape index (κ1) is 29.9. The van der Waals surface area contributed by atoms with Crippen molar-refractivity contribution in [2.75, 3.05) is 25.4 Å². The number of aliphatic hydroxyl groups excluding tert-OH is 3. The molecule has 0 saturated carbocycles. The van der Waals surface area contributed by atoms with E-state index in [1.165, 1.54) is 11.8 Å². The molecule has 2 aliphatic rings. The predicted octanol–water partition coefficient (Wildman–Crippen LogP) is 4.88. The standard InChI is InChI=1S/C32H36ClNO6S/c1-2-39-24-11-8-20(9-12-24)16-23-17-21(10-13-26(23)33)31-30(37)29(36)28(35)27(40-31)19-41-25-7-5-6-22(18-25)32(38)34-14-3-4-15-34/h5-13,17-18,27-31,35-37H,2-4,14-16,19H2,1H3/t27-,28+,29-,30-,31+/m1/s1. The number of hydrogen-bond acceptors (Lipinski definition) is 7. The van der Waals surface area contributed by atoms with E-state index in [1.807, 2.05) is 66.4 Å². The molecule has 0 aliphatic carbocycles. The molecule has 7 nitrogen and oxygen atoms in total. The number of benzene rings is 3. The largest absolute Gasteiger partial charge is 0.494 e. The SMILES string of the molecule is CCOc1ccc(Cc2cc([C@@H]3O[C@H](CSc4cccc(C(=O)N5CCCC5)c4)[C@H](O)[C@@H](O)[C@H]3O)ccc2Cl)cc1. The molecule has 0 unspecified atom stereocenters.